The first-order valence-corrected chi connectivity index (χ1v) is 11.2. The number of benzene rings is 2. The van der Waals surface area contributed by atoms with Crippen LogP contribution in [0.5, 0.6) is 0 Å². The van der Waals surface area contributed by atoms with Crippen LogP contribution in [0.25, 0.3) is 0 Å². The van der Waals surface area contributed by atoms with Gasteiger partial charge in [-0.3, -0.25) is 4.79 Å². The number of nitrogens with one attached hydrogen (secondary N) is 1. The number of sulfone groups is 1. The predicted molar refractivity (Wildman–Crippen MR) is 107 cm³/mol. The Morgan fingerprint density at radius 1 is 1.04 bits per heavy atom. The number of likely N-dealkylation sites (tertiary alicyclic amines) is 1. The zero-order chi connectivity index (χ0) is 19.3. The SMILES string of the molecule is CS(=O)(=O)c1ccc(NCC(=O)N2CCC(Cc3ccccc3)CC2)cc1. The van der Waals surface area contributed by atoms with Crippen LogP contribution in [-0.4, -0.2) is 45.1 Å². The lowest BCUT2D eigenvalue weighted by Gasteiger charge is -2.32. The first-order valence-electron chi connectivity index (χ1n) is 9.27. The van der Waals surface area contributed by atoms with Gasteiger partial charge in [0.05, 0.1) is 11.4 Å². The fourth-order valence-electron chi connectivity index (χ4n) is 3.44. The highest BCUT2D eigenvalue weighted by atomic mass is 32.2. The van der Waals surface area contributed by atoms with Gasteiger partial charge in [0.1, 0.15) is 0 Å². The van der Waals surface area contributed by atoms with E-state index in [2.05, 4.69) is 29.6 Å². The molecule has 1 amide bonds. The normalized spacial score (nSPS) is 15.5. The Balaban J connectivity index is 1.44. The van der Waals surface area contributed by atoms with E-state index in [4.69, 9.17) is 0 Å². The molecule has 0 atom stereocenters. The van der Waals surface area contributed by atoms with Crippen molar-refractivity contribution < 1.29 is 13.2 Å². The third kappa shape index (κ3) is 5.57. The average Bonchev–Trinajstić information content (AvgIpc) is 2.67. The minimum Gasteiger partial charge on any atom is -0.376 e. The summed E-state index contributed by atoms with van der Waals surface area (Å²) in [5, 5.41) is 3.09. The summed E-state index contributed by atoms with van der Waals surface area (Å²) >= 11 is 0. The molecule has 1 fully saturated rings. The third-order valence-corrected chi connectivity index (χ3v) is 6.19. The van der Waals surface area contributed by atoms with E-state index in [1.165, 1.54) is 11.8 Å². The van der Waals surface area contributed by atoms with Gasteiger partial charge in [-0.25, -0.2) is 8.42 Å². The van der Waals surface area contributed by atoms with Gasteiger partial charge >= 0.3 is 0 Å². The molecule has 3 rings (SSSR count). The van der Waals surface area contributed by atoms with Crippen molar-refractivity contribution in [2.75, 3.05) is 31.2 Å². The minimum absolute atomic E-state index is 0.0837. The molecule has 144 valence electrons. The van der Waals surface area contributed by atoms with E-state index in [0.717, 1.165) is 38.0 Å². The zero-order valence-corrected chi connectivity index (χ0v) is 16.4. The Bertz CT molecular complexity index is 856. The van der Waals surface area contributed by atoms with E-state index in [0.29, 0.717) is 5.92 Å². The Kier molecular flexibility index (Phi) is 6.16. The quantitative estimate of drug-likeness (QED) is 0.829. The van der Waals surface area contributed by atoms with Gasteiger partial charge in [0.2, 0.25) is 5.91 Å². The van der Waals surface area contributed by atoms with Crippen LogP contribution in [0.15, 0.2) is 59.5 Å². The van der Waals surface area contributed by atoms with Gasteiger partial charge in [-0.1, -0.05) is 30.3 Å². The van der Waals surface area contributed by atoms with E-state index in [1.807, 2.05) is 11.0 Å². The number of piperidine rings is 1. The van der Waals surface area contributed by atoms with Gasteiger partial charge in [0.15, 0.2) is 9.84 Å². The molecule has 1 aliphatic rings. The molecule has 0 saturated carbocycles. The lowest BCUT2D eigenvalue weighted by atomic mass is 9.90. The molecule has 0 unspecified atom stereocenters. The van der Waals surface area contributed by atoms with Crippen molar-refractivity contribution in [1.82, 2.24) is 4.90 Å². The van der Waals surface area contributed by atoms with E-state index in [1.54, 1.807) is 24.3 Å². The Hall–Kier alpha value is -2.34. The highest BCUT2D eigenvalue weighted by molar-refractivity contribution is 7.90. The number of nitrogens with zero attached hydrogens (tertiary/aromatic N) is 1. The van der Waals surface area contributed by atoms with Crippen LogP contribution in [0.1, 0.15) is 18.4 Å². The molecule has 0 aromatic heterocycles. The van der Waals surface area contributed by atoms with Crippen molar-refractivity contribution in [3.05, 3.63) is 60.2 Å². The van der Waals surface area contributed by atoms with E-state index >= 15 is 0 Å². The van der Waals surface area contributed by atoms with Crippen LogP contribution in [-0.2, 0) is 21.1 Å². The first kappa shape index (κ1) is 19.4. The van der Waals surface area contributed by atoms with E-state index in [9.17, 15) is 13.2 Å². The smallest absolute Gasteiger partial charge is 0.241 e. The molecule has 0 aliphatic carbocycles. The van der Waals surface area contributed by atoms with Crippen LogP contribution in [0.2, 0.25) is 0 Å². The number of anilines is 1. The number of hydrogen-bond acceptors (Lipinski definition) is 4. The highest BCUT2D eigenvalue weighted by Crippen LogP contribution is 2.22. The second-order valence-electron chi connectivity index (χ2n) is 7.16. The van der Waals surface area contributed by atoms with Gasteiger partial charge in [-0.15, -0.1) is 0 Å². The molecule has 0 spiro atoms. The molecule has 0 bridgehead atoms. The van der Waals surface area contributed by atoms with Crippen molar-refractivity contribution >= 4 is 21.4 Å². The van der Waals surface area contributed by atoms with Crippen LogP contribution in [0, 0.1) is 5.92 Å². The maximum absolute atomic E-state index is 12.4. The van der Waals surface area contributed by atoms with Crippen LogP contribution in [0.4, 0.5) is 5.69 Å². The lowest BCUT2D eigenvalue weighted by Crippen LogP contribution is -2.41. The first-order chi connectivity index (χ1) is 12.9. The molecule has 2 aromatic carbocycles. The maximum Gasteiger partial charge on any atom is 0.241 e. The summed E-state index contributed by atoms with van der Waals surface area (Å²) in [5.74, 6) is 0.716. The minimum atomic E-state index is -3.20. The number of carbonyl (C=O) groups is 1. The van der Waals surface area contributed by atoms with E-state index < -0.39 is 9.84 Å². The van der Waals surface area contributed by atoms with Crippen LogP contribution < -0.4 is 5.32 Å². The summed E-state index contributed by atoms with van der Waals surface area (Å²) in [6, 6.07) is 17.0. The van der Waals surface area contributed by atoms with E-state index in [-0.39, 0.29) is 17.3 Å². The standard InChI is InChI=1S/C21H26N2O3S/c1-27(25,26)20-9-7-19(8-10-20)22-16-21(24)23-13-11-18(12-14-23)15-17-5-3-2-4-6-17/h2-10,18,22H,11-16H2,1H3. The highest BCUT2D eigenvalue weighted by Gasteiger charge is 2.22. The summed E-state index contributed by atoms with van der Waals surface area (Å²) in [5.41, 5.74) is 2.11. The molecule has 0 radical (unpaired) electrons. The zero-order valence-electron chi connectivity index (χ0n) is 15.6. The molecule has 1 saturated heterocycles. The summed E-state index contributed by atoms with van der Waals surface area (Å²) in [4.78, 5) is 14.6. The summed E-state index contributed by atoms with van der Waals surface area (Å²) in [6.07, 6.45) is 4.32. The molecule has 1 N–H and O–H groups in total. The second-order valence-corrected chi connectivity index (χ2v) is 9.18. The monoisotopic (exact) mass is 386 g/mol. The van der Waals surface area contributed by atoms with Crippen molar-refractivity contribution in [2.45, 2.75) is 24.2 Å². The molecule has 1 heterocycles. The molecular weight excluding hydrogens is 360 g/mol. The number of rotatable bonds is 6. The number of hydrogen-bond donors (Lipinski definition) is 1. The third-order valence-electron chi connectivity index (χ3n) is 5.06. The molecule has 1 aliphatic heterocycles. The maximum atomic E-state index is 12.4. The molecule has 2 aromatic rings. The number of amides is 1. The van der Waals surface area contributed by atoms with Crippen LogP contribution in [0.3, 0.4) is 0 Å². The van der Waals surface area contributed by atoms with Crippen molar-refractivity contribution in [3.8, 4) is 0 Å². The summed E-state index contributed by atoms with van der Waals surface area (Å²) in [6.45, 7) is 1.82. The summed E-state index contributed by atoms with van der Waals surface area (Å²) < 4.78 is 23.0. The van der Waals surface area contributed by atoms with Gasteiger partial charge < -0.3 is 10.2 Å². The predicted octanol–water partition coefficient (Wildman–Crippen LogP) is 2.98. The molecule has 5 nitrogen and oxygen atoms in total. The van der Waals surface area contributed by atoms with Crippen LogP contribution >= 0.6 is 0 Å². The molecule has 27 heavy (non-hydrogen) atoms. The van der Waals surface area contributed by atoms with Crippen molar-refractivity contribution in [1.29, 1.82) is 0 Å². The summed E-state index contributed by atoms with van der Waals surface area (Å²) in [7, 11) is -3.20. The Labute approximate surface area is 161 Å². The average molecular weight is 387 g/mol. The van der Waals surface area contributed by atoms with Gasteiger partial charge in [-0.2, -0.15) is 0 Å². The lowest BCUT2D eigenvalue weighted by molar-refractivity contribution is -0.130. The fourth-order valence-corrected chi connectivity index (χ4v) is 4.07. The number of carbonyl (C=O) groups excluding carboxylic acids is 1. The Morgan fingerprint density at radius 3 is 2.26 bits per heavy atom. The van der Waals surface area contributed by atoms with Gasteiger partial charge in [0.25, 0.3) is 0 Å². The molecule has 6 heteroatoms. The van der Waals surface area contributed by atoms with Gasteiger partial charge in [0, 0.05) is 25.0 Å². The largest absolute Gasteiger partial charge is 0.376 e. The second kappa shape index (κ2) is 8.57. The fraction of sp³-hybridized carbons (Fsp3) is 0.381. The molecular formula is C21H26N2O3S. The topological polar surface area (TPSA) is 66.5 Å². The van der Waals surface area contributed by atoms with Crippen molar-refractivity contribution in [3.63, 3.8) is 0 Å². The Morgan fingerprint density at radius 2 is 1.67 bits per heavy atom. The van der Waals surface area contributed by atoms with Gasteiger partial charge in [-0.05, 0) is 55.0 Å². The van der Waals surface area contributed by atoms with Crippen molar-refractivity contribution in [2.24, 2.45) is 5.92 Å².